The van der Waals surface area contributed by atoms with Gasteiger partial charge in [-0.25, -0.2) is 4.79 Å². The summed E-state index contributed by atoms with van der Waals surface area (Å²) in [5, 5.41) is 2.37. The third kappa shape index (κ3) is 4.88. The number of halogens is 3. The van der Waals surface area contributed by atoms with Crippen LogP contribution >= 0.6 is 0 Å². The predicted molar refractivity (Wildman–Crippen MR) is 100 cm³/mol. The number of para-hydroxylation sites is 1. The van der Waals surface area contributed by atoms with Crippen molar-refractivity contribution in [1.82, 2.24) is 4.98 Å². The standard InChI is InChI=1S/C21H17F3N2O2/c1-13-8-15(9-14(2)25-13)16-10-17(21(22,23)24)12-18(11-16)26-20(27)28-19-6-4-3-5-7-19/h3-12H,1-2H3,(H,26,27). The molecule has 0 aliphatic heterocycles. The fourth-order valence-corrected chi connectivity index (χ4v) is 2.77. The highest BCUT2D eigenvalue weighted by molar-refractivity contribution is 5.87. The first kappa shape index (κ1) is 19.4. The van der Waals surface area contributed by atoms with Gasteiger partial charge in [0.15, 0.2) is 0 Å². The fraction of sp³-hybridized carbons (Fsp3) is 0.143. The van der Waals surface area contributed by atoms with Crippen LogP contribution in [0.1, 0.15) is 17.0 Å². The summed E-state index contributed by atoms with van der Waals surface area (Å²) < 4.78 is 45.1. The zero-order chi connectivity index (χ0) is 20.3. The number of pyridine rings is 1. The van der Waals surface area contributed by atoms with E-state index in [0.29, 0.717) is 22.5 Å². The number of benzene rings is 2. The molecule has 0 fully saturated rings. The van der Waals surface area contributed by atoms with Crippen molar-refractivity contribution in [2.75, 3.05) is 5.32 Å². The molecule has 1 N–H and O–H groups in total. The van der Waals surface area contributed by atoms with Gasteiger partial charge < -0.3 is 4.74 Å². The van der Waals surface area contributed by atoms with E-state index in [-0.39, 0.29) is 11.4 Å². The Kier molecular flexibility index (Phi) is 5.35. The molecule has 2 aromatic carbocycles. The van der Waals surface area contributed by atoms with Gasteiger partial charge in [-0.2, -0.15) is 13.2 Å². The third-order valence-corrected chi connectivity index (χ3v) is 3.88. The molecule has 0 atom stereocenters. The highest BCUT2D eigenvalue weighted by Gasteiger charge is 2.31. The lowest BCUT2D eigenvalue weighted by Crippen LogP contribution is -2.17. The van der Waals surface area contributed by atoms with Crippen LogP contribution in [-0.2, 0) is 6.18 Å². The molecule has 0 radical (unpaired) electrons. The van der Waals surface area contributed by atoms with Crippen LogP contribution in [-0.4, -0.2) is 11.1 Å². The summed E-state index contributed by atoms with van der Waals surface area (Å²) in [6.45, 7) is 3.53. The lowest BCUT2D eigenvalue weighted by atomic mass is 10.0. The molecule has 3 aromatic rings. The number of nitrogens with one attached hydrogen (secondary N) is 1. The average Bonchev–Trinajstić information content (AvgIpc) is 2.60. The normalized spacial score (nSPS) is 11.2. The second kappa shape index (κ2) is 7.72. The molecule has 7 heteroatoms. The first-order valence-electron chi connectivity index (χ1n) is 8.42. The second-order valence-corrected chi connectivity index (χ2v) is 6.26. The van der Waals surface area contributed by atoms with Crippen molar-refractivity contribution in [1.29, 1.82) is 0 Å². The molecule has 0 saturated carbocycles. The van der Waals surface area contributed by atoms with Crippen LogP contribution < -0.4 is 10.1 Å². The van der Waals surface area contributed by atoms with Crippen molar-refractivity contribution in [2.45, 2.75) is 20.0 Å². The van der Waals surface area contributed by atoms with E-state index < -0.39 is 17.8 Å². The summed E-state index contributed by atoms with van der Waals surface area (Å²) >= 11 is 0. The van der Waals surface area contributed by atoms with Gasteiger partial charge >= 0.3 is 12.3 Å². The van der Waals surface area contributed by atoms with Crippen molar-refractivity contribution in [3.05, 3.63) is 77.6 Å². The van der Waals surface area contributed by atoms with Crippen LogP contribution in [0.3, 0.4) is 0 Å². The average molecular weight is 386 g/mol. The van der Waals surface area contributed by atoms with Crippen molar-refractivity contribution in [2.24, 2.45) is 0 Å². The molecule has 0 saturated heterocycles. The van der Waals surface area contributed by atoms with Gasteiger partial charge in [-0.1, -0.05) is 18.2 Å². The van der Waals surface area contributed by atoms with E-state index in [2.05, 4.69) is 10.3 Å². The largest absolute Gasteiger partial charge is 0.417 e. The van der Waals surface area contributed by atoms with E-state index in [1.165, 1.54) is 6.07 Å². The molecule has 28 heavy (non-hydrogen) atoms. The van der Waals surface area contributed by atoms with E-state index in [9.17, 15) is 18.0 Å². The molecule has 3 rings (SSSR count). The highest BCUT2D eigenvalue weighted by Crippen LogP contribution is 2.35. The molecular formula is C21H17F3N2O2. The Morgan fingerprint density at radius 1 is 0.929 bits per heavy atom. The number of ether oxygens (including phenoxy) is 1. The Bertz CT molecular complexity index is 982. The van der Waals surface area contributed by atoms with Crippen molar-refractivity contribution in [3.8, 4) is 16.9 Å². The topological polar surface area (TPSA) is 51.2 Å². The van der Waals surface area contributed by atoms with Crippen LogP contribution in [0.15, 0.2) is 60.7 Å². The molecule has 1 amide bonds. The van der Waals surface area contributed by atoms with Crippen LogP contribution in [0, 0.1) is 13.8 Å². The first-order valence-corrected chi connectivity index (χ1v) is 8.42. The molecule has 144 valence electrons. The Morgan fingerprint density at radius 2 is 1.54 bits per heavy atom. The third-order valence-electron chi connectivity index (χ3n) is 3.88. The maximum atomic E-state index is 13.4. The molecule has 1 aromatic heterocycles. The smallest absolute Gasteiger partial charge is 0.410 e. The zero-order valence-corrected chi connectivity index (χ0v) is 15.2. The summed E-state index contributed by atoms with van der Waals surface area (Å²) in [5.41, 5.74) is 1.38. The minimum absolute atomic E-state index is 0.0159. The SMILES string of the molecule is Cc1cc(-c2cc(NC(=O)Oc3ccccc3)cc(C(F)(F)F)c2)cc(C)n1. The second-order valence-electron chi connectivity index (χ2n) is 6.26. The lowest BCUT2D eigenvalue weighted by molar-refractivity contribution is -0.137. The highest BCUT2D eigenvalue weighted by atomic mass is 19.4. The quantitative estimate of drug-likeness (QED) is 0.601. The van der Waals surface area contributed by atoms with Gasteiger partial charge in [-0.15, -0.1) is 0 Å². The summed E-state index contributed by atoms with van der Waals surface area (Å²) in [6, 6.07) is 15.0. The number of hydrogen-bond donors (Lipinski definition) is 1. The molecular weight excluding hydrogens is 369 g/mol. The van der Waals surface area contributed by atoms with Crippen molar-refractivity contribution in [3.63, 3.8) is 0 Å². The number of hydrogen-bond acceptors (Lipinski definition) is 3. The summed E-state index contributed by atoms with van der Waals surface area (Å²) in [7, 11) is 0. The molecule has 1 heterocycles. The lowest BCUT2D eigenvalue weighted by Gasteiger charge is -2.14. The number of carbonyl (C=O) groups is 1. The Hall–Kier alpha value is -3.35. The number of carbonyl (C=O) groups excluding carboxylic acids is 1. The minimum atomic E-state index is -4.56. The van der Waals surface area contributed by atoms with Gasteiger partial charge in [0.05, 0.1) is 5.56 Å². The van der Waals surface area contributed by atoms with Crippen LogP contribution in [0.4, 0.5) is 23.7 Å². The summed E-state index contributed by atoms with van der Waals surface area (Å²) in [4.78, 5) is 16.3. The first-order chi connectivity index (χ1) is 13.2. The van der Waals surface area contributed by atoms with E-state index in [1.54, 1.807) is 56.3 Å². The number of anilines is 1. The van der Waals surface area contributed by atoms with Gasteiger partial charge in [0.2, 0.25) is 0 Å². The summed E-state index contributed by atoms with van der Waals surface area (Å²) in [6.07, 6.45) is -5.44. The molecule has 0 bridgehead atoms. The van der Waals surface area contributed by atoms with E-state index in [0.717, 1.165) is 12.1 Å². The van der Waals surface area contributed by atoms with Crippen LogP contribution in [0.2, 0.25) is 0 Å². The van der Waals surface area contributed by atoms with Crippen molar-refractivity contribution >= 4 is 11.8 Å². The molecule has 4 nitrogen and oxygen atoms in total. The number of nitrogens with zero attached hydrogens (tertiary/aromatic N) is 1. The number of aromatic nitrogens is 1. The summed E-state index contributed by atoms with van der Waals surface area (Å²) in [5.74, 6) is 0.285. The van der Waals surface area contributed by atoms with E-state index in [1.807, 2.05) is 0 Å². The van der Waals surface area contributed by atoms with Crippen molar-refractivity contribution < 1.29 is 22.7 Å². The van der Waals surface area contributed by atoms with Gasteiger partial charge in [0.1, 0.15) is 5.75 Å². The monoisotopic (exact) mass is 386 g/mol. The number of rotatable bonds is 3. The minimum Gasteiger partial charge on any atom is -0.410 e. The predicted octanol–water partition coefficient (Wildman–Crippen LogP) is 6.00. The van der Waals surface area contributed by atoms with Gasteiger partial charge in [-0.3, -0.25) is 10.3 Å². The Morgan fingerprint density at radius 3 is 2.14 bits per heavy atom. The van der Waals surface area contributed by atoms with Crippen LogP contribution in [0.5, 0.6) is 5.75 Å². The van der Waals surface area contributed by atoms with Gasteiger partial charge in [-0.05, 0) is 67.4 Å². The molecule has 0 unspecified atom stereocenters. The van der Waals surface area contributed by atoms with Gasteiger partial charge in [0, 0.05) is 17.1 Å². The molecule has 0 aliphatic rings. The van der Waals surface area contributed by atoms with Crippen LogP contribution in [0.25, 0.3) is 11.1 Å². The Balaban J connectivity index is 1.95. The zero-order valence-electron chi connectivity index (χ0n) is 15.2. The van der Waals surface area contributed by atoms with E-state index in [4.69, 9.17) is 4.74 Å². The maximum Gasteiger partial charge on any atom is 0.417 e. The Labute approximate surface area is 160 Å². The number of amides is 1. The number of aryl methyl sites for hydroxylation is 2. The fourth-order valence-electron chi connectivity index (χ4n) is 2.77. The number of alkyl halides is 3. The maximum absolute atomic E-state index is 13.4. The molecule has 0 aliphatic carbocycles. The van der Waals surface area contributed by atoms with E-state index >= 15 is 0 Å². The van der Waals surface area contributed by atoms with Gasteiger partial charge in [0.25, 0.3) is 0 Å². The molecule has 0 spiro atoms.